The van der Waals surface area contributed by atoms with E-state index in [-0.39, 0.29) is 24.4 Å². The first-order valence-electron chi connectivity index (χ1n) is 9.96. The van der Waals surface area contributed by atoms with E-state index in [0.717, 1.165) is 37.0 Å². The Morgan fingerprint density at radius 3 is 2.32 bits per heavy atom. The van der Waals surface area contributed by atoms with Gasteiger partial charge >= 0.3 is 0 Å². The highest BCUT2D eigenvalue weighted by molar-refractivity contribution is 5.97. The van der Waals surface area contributed by atoms with Crippen LogP contribution in [0.2, 0.25) is 0 Å². The van der Waals surface area contributed by atoms with Gasteiger partial charge in [-0.05, 0) is 42.7 Å². The van der Waals surface area contributed by atoms with Crippen LogP contribution in [0.3, 0.4) is 0 Å². The molecule has 0 atom stereocenters. The molecular formula is C23H28N2O3. The zero-order chi connectivity index (χ0) is 19.8. The van der Waals surface area contributed by atoms with Gasteiger partial charge < -0.3 is 15.0 Å². The summed E-state index contributed by atoms with van der Waals surface area (Å²) in [5.41, 5.74) is 1.79. The molecule has 2 amide bonds. The van der Waals surface area contributed by atoms with E-state index in [9.17, 15) is 9.59 Å². The molecular weight excluding hydrogens is 352 g/mol. The van der Waals surface area contributed by atoms with Gasteiger partial charge in [0.1, 0.15) is 18.9 Å². The first kappa shape index (κ1) is 19.9. The normalized spacial score (nSPS) is 14.3. The van der Waals surface area contributed by atoms with Crippen LogP contribution in [0.15, 0.2) is 54.6 Å². The molecule has 3 rings (SSSR count). The predicted molar refractivity (Wildman–Crippen MR) is 110 cm³/mol. The van der Waals surface area contributed by atoms with E-state index in [4.69, 9.17) is 4.74 Å². The molecule has 1 N–H and O–H groups in total. The van der Waals surface area contributed by atoms with Gasteiger partial charge in [0.25, 0.3) is 0 Å². The van der Waals surface area contributed by atoms with Crippen molar-refractivity contribution in [1.29, 1.82) is 0 Å². The van der Waals surface area contributed by atoms with Crippen molar-refractivity contribution in [2.45, 2.75) is 51.7 Å². The number of ether oxygens (including phenoxy) is 1. The Morgan fingerprint density at radius 1 is 1.00 bits per heavy atom. The van der Waals surface area contributed by atoms with E-state index >= 15 is 0 Å². The van der Waals surface area contributed by atoms with Gasteiger partial charge in [-0.25, -0.2) is 0 Å². The Bertz CT molecular complexity index is 768. The van der Waals surface area contributed by atoms with Crippen molar-refractivity contribution in [3.8, 4) is 5.75 Å². The van der Waals surface area contributed by atoms with Crippen molar-refractivity contribution in [3.63, 3.8) is 0 Å². The standard InChI is InChI=1S/C23H28N2O3/c1-18(26)25(16-23(27)24-20-10-6-3-7-11-20)21-12-14-22(15-13-21)28-17-19-8-4-2-5-9-19/h2,4-5,8-9,12-15,20H,3,6-7,10-11,16-17H2,1H3,(H,24,27). The van der Waals surface area contributed by atoms with E-state index in [1.807, 2.05) is 54.6 Å². The highest BCUT2D eigenvalue weighted by atomic mass is 16.5. The summed E-state index contributed by atoms with van der Waals surface area (Å²) in [5, 5.41) is 3.07. The van der Waals surface area contributed by atoms with E-state index in [0.29, 0.717) is 12.3 Å². The highest BCUT2D eigenvalue weighted by Crippen LogP contribution is 2.21. The van der Waals surface area contributed by atoms with Crippen molar-refractivity contribution in [1.82, 2.24) is 5.32 Å². The third kappa shape index (κ3) is 5.84. The fraction of sp³-hybridized carbons (Fsp3) is 0.391. The molecule has 0 spiro atoms. The van der Waals surface area contributed by atoms with Crippen molar-refractivity contribution < 1.29 is 14.3 Å². The summed E-state index contributed by atoms with van der Waals surface area (Å²) in [6.07, 6.45) is 5.61. The molecule has 1 aliphatic rings. The molecule has 1 aliphatic carbocycles. The quantitative estimate of drug-likeness (QED) is 0.788. The predicted octanol–water partition coefficient (Wildman–Crippen LogP) is 4.07. The Balaban J connectivity index is 1.57. The zero-order valence-electron chi connectivity index (χ0n) is 16.4. The number of rotatable bonds is 7. The number of nitrogens with zero attached hydrogens (tertiary/aromatic N) is 1. The summed E-state index contributed by atoms with van der Waals surface area (Å²) in [6.45, 7) is 2.00. The summed E-state index contributed by atoms with van der Waals surface area (Å²) in [5.74, 6) is 0.464. The second-order valence-electron chi connectivity index (χ2n) is 7.28. The molecule has 5 nitrogen and oxygen atoms in total. The number of carbonyl (C=O) groups is 2. The molecule has 1 saturated carbocycles. The minimum atomic E-state index is -0.156. The molecule has 148 valence electrons. The van der Waals surface area contributed by atoms with Gasteiger partial charge in [0.2, 0.25) is 11.8 Å². The van der Waals surface area contributed by atoms with Crippen molar-refractivity contribution in [2.24, 2.45) is 0 Å². The fourth-order valence-corrected chi connectivity index (χ4v) is 3.51. The molecule has 1 fully saturated rings. The second kappa shape index (κ2) is 9.93. The molecule has 0 aliphatic heterocycles. The van der Waals surface area contributed by atoms with Crippen LogP contribution in [0.1, 0.15) is 44.6 Å². The van der Waals surface area contributed by atoms with Crippen molar-refractivity contribution in [2.75, 3.05) is 11.4 Å². The Hall–Kier alpha value is -2.82. The zero-order valence-corrected chi connectivity index (χ0v) is 16.4. The second-order valence-corrected chi connectivity index (χ2v) is 7.28. The molecule has 2 aromatic rings. The van der Waals surface area contributed by atoms with Crippen LogP contribution in [0.5, 0.6) is 5.75 Å². The molecule has 0 heterocycles. The minimum absolute atomic E-state index is 0.0378. The van der Waals surface area contributed by atoms with Gasteiger partial charge in [0.15, 0.2) is 0 Å². The molecule has 5 heteroatoms. The van der Waals surface area contributed by atoms with Gasteiger partial charge in [-0.1, -0.05) is 49.6 Å². The number of carbonyl (C=O) groups excluding carboxylic acids is 2. The summed E-state index contributed by atoms with van der Waals surface area (Å²) >= 11 is 0. The number of benzene rings is 2. The maximum absolute atomic E-state index is 12.4. The summed E-state index contributed by atoms with van der Waals surface area (Å²) in [4.78, 5) is 26.0. The average Bonchev–Trinajstić information content (AvgIpc) is 2.72. The van der Waals surface area contributed by atoms with Gasteiger partial charge in [-0.2, -0.15) is 0 Å². The van der Waals surface area contributed by atoms with Crippen LogP contribution in [-0.2, 0) is 16.2 Å². The van der Waals surface area contributed by atoms with Crippen LogP contribution in [-0.4, -0.2) is 24.4 Å². The fourth-order valence-electron chi connectivity index (χ4n) is 3.51. The average molecular weight is 380 g/mol. The van der Waals surface area contributed by atoms with Crippen molar-refractivity contribution in [3.05, 3.63) is 60.2 Å². The van der Waals surface area contributed by atoms with Crippen LogP contribution in [0.4, 0.5) is 5.69 Å². The van der Waals surface area contributed by atoms with E-state index < -0.39 is 0 Å². The Labute approximate surface area is 166 Å². The monoisotopic (exact) mass is 380 g/mol. The highest BCUT2D eigenvalue weighted by Gasteiger charge is 2.20. The molecule has 0 radical (unpaired) electrons. The lowest BCUT2D eigenvalue weighted by Gasteiger charge is -2.25. The molecule has 2 aromatic carbocycles. The minimum Gasteiger partial charge on any atom is -0.489 e. The number of amides is 2. The van der Waals surface area contributed by atoms with Crippen LogP contribution in [0.25, 0.3) is 0 Å². The number of anilines is 1. The van der Waals surface area contributed by atoms with Crippen molar-refractivity contribution >= 4 is 17.5 Å². The largest absolute Gasteiger partial charge is 0.489 e. The van der Waals surface area contributed by atoms with E-state index in [1.165, 1.54) is 18.2 Å². The van der Waals surface area contributed by atoms with Crippen LogP contribution < -0.4 is 15.0 Å². The number of hydrogen-bond donors (Lipinski definition) is 1. The Kier molecular flexibility index (Phi) is 7.06. The molecule has 0 bridgehead atoms. The Morgan fingerprint density at radius 2 is 1.68 bits per heavy atom. The lowest BCUT2D eigenvalue weighted by Crippen LogP contribution is -2.44. The van der Waals surface area contributed by atoms with E-state index in [1.54, 1.807) is 0 Å². The number of hydrogen-bond acceptors (Lipinski definition) is 3. The summed E-state index contributed by atoms with van der Waals surface area (Å²) in [6, 6.07) is 17.5. The summed E-state index contributed by atoms with van der Waals surface area (Å²) in [7, 11) is 0. The smallest absolute Gasteiger partial charge is 0.240 e. The number of nitrogens with one attached hydrogen (secondary N) is 1. The third-order valence-corrected chi connectivity index (χ3v) is 5.05. The van der Waals surface area contributed by atoms with Crippen LogP contribution in [0, 0.1) is 0 Å². The lowest BCUT2D eigenvalue weighted by molar-refractivity contribution is -0.123. The lowest BCUT2D eigenvalue weighted by atomic mass is 9.95. The first-order valence-corrected chi connectivity index (χ1v) is 9.96. The molecule has 28 heavy (non-hydrogen) atoms. The van der Waals surface area contributed by atoms with E-state index in [2.05, 4.69) is 5.32 Å². The maximum atomic E-state index is 12.4. The first-order chi connectivity index (χ1) is 13.6. The summed E-state index contributed by atoms with van der Waals surface area (Å²) < 4.78 is 5.79. The van der Waals surface area contributed by atoms with Gasteiger partial charge in [0.05, 0.1) is 0 Å². The van der Waals surface area contributed by atoms with Gasteiger partial charge in [-0.3, -0.25) is 9.59 Å². The van der Waals surface area contributed by atoms with Gasteiger partial charge in [0, 0.05) is 18.7 Å². The maximum Gasteiger partial charge on any atom is 0.240 e. The van der Waals surface area contributed by atoms with Gasteiger partial charge in [-0.15, -0.1) is 0 Å². The third-order valence-electron chi connectivity index (χ3n) is 5.05. The molecule has 0 aromatic heterocycles. The SMILES string of the molecule is CC(=O)N(CC(=O)NC1CCCCC1)c1ccc(OCc2ccccc2)cc1. The molecule has 0 saturated heterocycles. The topological polar surface area (TPSA) is 58.6 Å². The molecule has 0 unspecified atom stereocenters. The van der Waals surface area contributed by atoms with Crippen LogP contribution >= 0.6 is 0 Å².